The molecule has 0 unspecified atom stereocenters. The van der Waals surface area contributed by atoms with E-state index in [4.69, 9.17) is 0 Å². The molecule has 3 aromatic rings. The molecule has 0 bridgehead atoms. The summed E-state index contributed by atoms with van der Waals surface area (Å²) in [6.07, 6.45) is 3.03. The fourth-order valence-corrected chi connectivity index (χ4v) is 2.00. The van der Waals surface area contributed by atoms with Crippen molar-refractivity contribution in [3.8, 4) is 0 Å². The van der Waals surface area contributed by atoms with Crippen molar-refractivity contribution < 1.29 is 8.78 Å². The largest absolute Gasteiger partial charge is 0.342 e. The molecular weight excluding hydrogens is 248 g/mol. The van der Waals surface area contributed by atoms with E-state index in [1.807, 2.05) is 18.2 Å². The molecule has 0 amide bonds. The summed E-state index contributed by atoms with van der Waals surface area (Å²) < 4.78 is 26.5. The Morgan fingerprint density at radius 3 is 2.79 bits per heavy atom. The predicted molar refractivity (Wildman–Crippen MR) is 67.7 cm³/mol. The van der Waals surface area contributed by atoms with Gasteiger partial charge in [0.2, 0.25) is 0 Å². The second-order valence-corrected chi connectivity index (χ2v) is 4.29. The number of hydrogen-bond donors (Lipinski definition) is 1. The van der Waals surface area contributed by atoms with Crippen molar-refractivity contribution in [1.29, 1.82) is 0 Å². The normalized spacial score (nSPS) is 11.1. The van der Waals surface area contributed by atoms with Gasteiger partial charge in [-0.3, -0.25) is 4.98 Å². The van der Waals surface area contributed by atoms with Gasteiger partial charge in [-0.05, 0) is 24.6 Å². The molecule has 2 aromatic heterocycles. The Morgan fingerprint density at radius 2 is 2.00 bits per heavy atom. The van der Waals surface area contributed by atoms with Gasteiger partial charge in [0.05, 0.1) is 5.52 Å². The molecule has 19 heavy (non-hydrogen) atoms. The number of halogens is 2. The summed E-state index contributed by atoms with van der Waals surface area (Å²) in [7, 11) is 0. The van der Waals surface area contributed by atoms with E-state index in [1.165, 1.54) is 6.07 Å². The van der Waals surface area contributed by atoms with Crippen LogP contribution in [0, 0.1) is 11.6 Å². The average molecular weight is 259 g/mol. The van der Waals surface area contributed by atoms with Crippen molar-refractivity contribution in [1.82, 2.24) is 15.0 Å². The molecule has 0 atom stereocenters. The molecule has 3 nitrogen and oxygen atoms in total. The first-order valence-corrected chi connectivity index (χ1v) is 5.96. The molecule has 0 saturated heterocycles. The molecule has 0 aliphatic carbocycles. The SMILES string of the molecule is Fc1cc(F)c2nc(CCc3ccccn3)[nH]c2c1. The molecule has 0 radical (unpaired) electrons. The quantitative estimate of drug-likeness (QED) is 0.785. The van der Waals surface area contributed by atoms with Crippen molar-refractivity contribution in [3.63, 3.8) is 0 Å². The van der Waals surface area contributed by atoms with Crippen molar-refractivity contribution in [2.45, 2.75) is 12.8 Å². The summed E-state index contributed by atoms with van der Waals surface area (Å²) in [6, 6.07) is 7.77. The summed E-state index contributed by atoms with van der Waals surface area (Å²) in [4.78, 5) is 11.3. The van der Waals surface area contributed by atoms with Crippen LogP contribution in [0.2, 0.25) is 0 Å². The van der Waals surface area contributed by atoms with Gasteiger partial charge in [0.25, 0.3) is 0 Å². The van der Waals surface area contributed by atoms with E-state index in [0.29, 0.717) is 24.2 Å². The zero-order valence-electron chi connectivity index (χ0n) is 10.0. The average Bonchev–Trinajstić information content (AvgIpc) is 2.81. The number of aryl methyl sites for hydroxylation is 2. The molecular formula is C14H11F2N3. The molecule has 0 aliphatic heterocycles. The Balaban J connectivity index is 1.84. The van der Waals surface area contributed by atoms with Crippen LogP contribution < -0.4 is 0 Å². The number of pyridine rings is 1. The standard InChI is InChI=1S/C14H11F2N3/c15-9-7-11(16)14-12(8-9)18-13(19-14)5-4-10-3-1-2-6-17-10/h1-3,6-8H,4-5H2,(H,18,19). The van der Waals surface area contributed by atoms with Gasteiger partial charge in [0, 0.05) is 24.4 Å². The van der Waals surface area contributed by atoms with Crippen LogP contribution in [0.5, 0.6) is 0 Å². The molecule has 5 heteroatoms. The van der Waals surface area contributed by atoms with E-state index in [2.05, 4.69) is 15.0 Å². The number of nitrogens with zero attached hydrogens (tertiary/aromatic N) is 2. The maximum absolute atomic E-state index is 13.5. The lowest BCUT2D eigenvalue weighted by Crippen LogP contribution is -1.95. The highest BCUT2D eigenvalue weighted by Crippen LogP contribution is 2.17. The van der Waals surface area contributed by atoms with Crippen LogP contribution in [-0.2, 0) is 12.8 Å². The van der Waals surface area contributed by atoms with Gasteiger partial charge in [0.1, 0.15) is 17.2 Å². The van der Waals surface area contributed by atoms with Gasteiger partial charge in [-0.2, -0.15) is 0 Å². The number of fused-ring (bicyclic) bond motifs is 1. The van der Waals surface area contributed by atoms with E-state index >= 15 is 0 Å². The molecule has 0 spiro atoms. The number of hydrogen-bond acceptors (Lipinski definition) is 2. The van der Waals surface area contributed by atoms with E-state index in [0.717, 1.165) is 11.8 Å². The van der Waals surface area contributed by atoms with Crippen LogP contribution in [-0.4, -0.2) is 15.0 Å². The zero-order chi connectivity index (χ0) is 13.2. The summed E-state index contributed by atoms with van der Waals surface area (Å²) in [5.41, 5.74) is 1.50. The number of imidazole rings is 1. The van der Waals surface area contributed by atoms with Crippen LogP contribution in [0.1, 0.15) is 11.5 Å². The molecule has 0 aliphatic rings. The van der Waals surface area contributed by atoms with Gasteiger partial charge in [-0.15, -0.1) is 0 Å². The Kier molecular flexibility index (Phi) is 2.95. The van der Waals surface area contributed by atoms with Gasteiger partial charge in [-0.1, -0.05) is 6.07 Å². The van der Waals surface area contributed by atoms with Crippen molar-refractivity contribution in [2.24, 2.45) is 0 Å². The second kappa shape index (κ2) is 4.76. The zero-order valence-corrected chi connectivity index (χ0v) is 10.0. The van der Waals surface area contributed by atoms with Gasteiger partial charge >= 0.3 is 0 Å². The van der Waals surface area contributed by atoms with Crippen molar-refractivity contribution in [2.75, 3.05) is 0 Å². The highest BCUT2D eigenvalue weighted by molar-refractivity contribution is 5.75. The number of aromatic nitrogens is 3. The Bertz CT molecular complexity index is 707. The van der Waals surface area contributed by atoms with Gasteiger partial charge < -0.3 is 4.98 Å². The fourth-order valence-electron chi connectivity index (χ4n) is 2.00. The Morgan fingerprint density at radius 1 is 1.11 bits per heavy atom. The summed E-state index contributed by atoms with van der Waals surface area (Å²) in [5.74, 6) is -0.620. The van der Waals surface area contributed by atoms with Gasteiger partial charge in [0.15, 0.2) is 5.82 Å². The maximum Gasteiger partial charge on any atom is 0.153 e. The number of benzene rings is 1. The monoisotopic (exact) mass is 259 g/mol. The first kappa shape index (κ1) is 11.8. The molecule has 0 fully saturated rings. The third-order valence-electron chi connectivity index (χ3n) is 2.90. The predicted octanol–water partition coefficient (Wildman–Crippen LogP) is 3.02. The van der Waals surface area contributed by atoms with Gasteiger partial charge in [-0.25, -0.2) is 13.8 Å². The minimum atomic E-state index is -0.643. The lowest BCUT2D eigenvalue weighted by molar-refractivity contribution is 0.590. The van der Waals surface area contributed by atoms with E-state index in [-0.39, 0.29) is 5.52 Å². The van der Waals surface area contributed by atoms with E-state index in [1.54, 1.807) is 6.20 Å². The Labute approximate surface area is 108 Å². The van der Waals surface area contributed by atoms with Crippen molar-refractivity contribution in [3.05, 3.63) is 59.7 Å². The summed E-state index contributed by atoms with van der Waals surface area (Å²) in [6.45, 7) is 0. The summed E-state index contributed by atoms with van der Waals surface area (Å²) >= 11 is 0. The van der Waals surface area contributed by atoms with Crippen LogP contribution >= 0.6 is 0 Å². The lowest BCUT2D eigenvalue weighted by Gasteiger charge is -1.96. The number of rotatable bonds is 3. The number of H-pyrrole nitrogens is 1. The molecule has 2 heterocycles. The van der Waals surface area contributed by atoms with Crippen LogP contribution in [0.3, 0.4) is 0 Å². The maximum atomic E-state index is 13.5. The highest BCUT2D eigenvalue weighted by Gasteiger charge is 2.09. The lowest BCUT2D eigenvalue weighted by atomic mass is 10.2. The van der Waals surface area contributed by atoms with Crippen LogP contribution in [0.15, 0.2) is 36.5 Å². The number of aromatic amines is 1. The first-order chi connectivity index (χ1) is 9.22. The number of nitrogens with one attached hydrogen (secondary N) is 1. The van der Waals surface area contributed by atoms with Crippen molar-refractivity contribution >= 4 is 11.0 Å². The topological polar surface area (TPSA) is 41.6 Å². The summed E-state index contributed by atoms with van der Waals surface area (Å²) in [5, 5.41) is 0. The van der Waals surface area contributed by atoms with Crippen LogP contribution in [0.25, 0.3) is 11.0 Å². The third-order valence-corrected chi connectivity index (χ3v) is 2.90. The first-order valence-electron chi connectivity index (χ1n) is 5.96. The Hall–Kier alpha value is -2.30. The molecule has 1 N–H and O–H groups in total. The van der Waals surface area contributed by atoms with E-state index < -0.39 is 11.6 Å². The third kappa shape index (κ3) is 2.45. The van der Waals surface area contributed by atoms with Crippen LogP contribution in [0.4, 0.5) is 8.78 Å². The second-order valence-electron chi connectivity index (χ2n) is 4.29. The molecule has 3 rings (SSSR count). The molecule has 1 aromatic carbocycles. The fraction of sp³-hybridized carbons (Fsp3) is 0.143. The smallest absolute Gasteiger partial charge is 0.153 e. The molecule has 0 saturated carbocycles. The van der Waals surface area contributed by atoms with E-state index in [9.17, 15) is 8.78 Å². The minimum Gasteiger partial charge on any atom is -0.342 e. The highest BCUT2D eigenvalue weighted by atomic mass is 19.1. The molecule has 96 valence electrons. The minimum absolute atomic E-state index is 0.178.